The van der Waals surface area contributed by atoms with Crippen LogP contribution < -0.4 is 5.32 Å². The minimum absolute atomic E-state index is 0.209. The number of likely N-dealkylation sites (N-methyl/N-ethyl adjacent to an activating group) is 1. The summed E-state index contributed by atoms with van der Waals surface area (Å²) in [6.07, 6.45) is -0.430. The number of halogens is 1. The monoisotopic (exact) mass is 226 g/mol. The van der Waals surface area contributed by atoms with E-state index < -0.39 is 6.10 Å². The van der Waals surface area contributed by atoms with E-state index in [1.807, 2.05) is 19.0 Å². The van der Waals surface area contributed by atoms with Crippen LogP contribution >= 0.6 is 0 Å². The van der Waals surface area contributed by atoms with Crippen LogP contribution in [0.5, 0.6) is 0 Å². The molecule has 1 atom stereocenters. The predicted octanol–water partition coefficient (Wildman–Crippen LogP) is 1.47. The van der Waals surface area contributed by atoms with Gasteiger partial charge >= 0.3 is 0 Å². The van der Waals surface area contributed by atoms with E-state index in [1.54, 1.807) is 19.1 Å². The van der Waals surface area contributed by atoms with Crippen LogP contribution in [0, 0.1) is 12.7 Å². The molecule has 1 aromatic rings. The van der Waals surface area contributed by atoms with Crippen LogP contribution in [-0.2, 0) is 0 Å². The Balaban J connectivity index is 2.45. The van der Waals surface area contributed by atoms with E-state index in [4.69, 9.17) is 0 Å². The molecule has 0 heterocycles. The predicted molar refractivity (Wildman–Crippen MR) is 64.2 cm³/mol. The molecule has 1 unspecified atom stereocenters. The van der Waals surface area contributed by atoms with E-state index in [9.17, 15) is 9.50 Å². The summed E-state index contributed by atoms with van der Waals surface area (Å²) in [7, 11) is 3.82. The normalized spacial score (nSPS) is 12.9. The fourth-order valence-corrected chi connectivity index (χ4v) is 1.48. The molecule has 3 nitrogen and oxygen atoms in total. The van der Waals surface area contributed by atoms with Gasteiger partial charge < -0.3 is 15.3 Å². The highest BCUT2D eigenvalue weighted by Crippen LogP contribution is 2.13. The zero-order valence-electron chi connectivity index (χ0n) is 10.00. The SMILES string of the molecule is Cc1cc(NCC(O)CN(C)C)ccc1F. The maximum Gasteiger partial charge on any atom is 0.126 e. The molecule has 0 fully saturated rings. The number of hydrogen-bond acceptors (Lipinski definition) is 3. The Morgan fingerprint density at radius 1 is 1.44 bits per heavy atom. The first kappa shape index (κ1) is 12.9. The van der Waals surface area contributed by atoms with Crippen LogP contribution in [-0.4, -0.2) is 43.3 Å². The van der Waals surface area contributed by atoms with Crippen molar-refractivity contribution in [2.24, 2.45) is 0 Å². The second-order valence-electron chi connectivity index (χ2n) is 4.26. The van der Waals surface area contributed by atoms with E-state index in [1.165, 1.54) is 6.07 Å². The van der Waals surface area contributed by atoms with Crippen LogP contribution in [0.2, 0.25) is 0 Å². The molecule has 0 aromatic heterocycles. The lowest BCUT2D eigenvalue weighted by Gasteiger charge is -2.17. The summed E-state index contributed by atoms with van der Waals surface area (Å²) in [6, 6.07) is 4.83. The molecular weight excluding hydrogens is 207 g/mol. The van der Waals surface area contributed by atoms with Crippen LogP contribution in [0.3, 0.4) is 0 Å². The number of nitrogens with zero attached hydrogens (tertiary/aromatic N) is 1. The van der Waals surface area contributed by atoms with Gasteiger partial charge in [-0.2, -0.15) is 0 Å². The lowest BCUT2D eigenvalue weighted by molar-refractivity contribution is 0.148. The van der Waals surface area contributed by atoms with E-state index in [2.05, 4.69) is 5.32 Å². The lowest BCUT2D eigenvalue weighted by Crippen LogP contribution is -2.31. The number of anilines is 1. The van der Waals surface area contributed by atoms with Crippen molar-refractivity contribution >= 4 is 5.69 Å². The van der Waals surface area contributed by atoms with Crippen LogP contribution in [0.4, 0.5) is 10.1 Å². The maximum atomic E-state index is 13.0. The Morgan fingerprint density at radius 2 is 2.12 bits per heavy atom. The summed E-state index contributed by atoms with van der Waals surface area (Å²) < 4.78 is 13.0. The fraction of sp³-hybridized carbons (Fsp3) is 0.500. The molecular formula is C12H19FN2O. The van der Waals surface area contributed by atoms with Gasteiger partial charge in [0.25, 0.3) is 0 Å². The molecule has 0 amide bonds. The van der Waals surface area contributed by atoms with Gasteiger partial charge in [-0.3, -0.25) is 0 Å². The quantitative estimate of drug-likeness (QED) is 0.798. The first-order chi connectivity index (χ1) is 7.49. The zero-order valence-corrected chi connectivity index (χ0v) is 10.00. The molecule has 0 spiro atoms. The Morgan fingerprint density at radius 3 is 2.69 bits per heavy atom. The molecule has 0 bridgehead atoms. The average Bonchev–Trinajstić information content (AvgIpc) is 2.19. The van der Waals surface area contributed by atoms with Crippen molar-refractivity contribution in [3.63, 3.8) is 0 Å². The second-order valence-corrected chi connectivity index (χ2v) is 4.26. The van der Waals surface area contributed by atoms with Crippen molar-refractivity contribution in [1.82, 2.24) is 4.90 Å². The smallest absolute Gasteiger partial charge is 0.126 e. The van der Waals surface area contributed by atoms with Gasteiger partial charge in [-0.25, -0.2) is 4.39 Å². The Labute approximate surface area is 95.9 Å². The molecule has 90 valence electrons. The lowest BCUT2D eigenvalue weighted by atomic mass is 10.2. The van der Waals surface area contributed by atoms with Gasteiger partial charge in [0.15, 0.2) is 0 Å². The Bertz CT molecular complexity index is 342. The van der Waals surface area contributed by atoms with Crippen molar-refractivity contribution < 1.29 is 9.50 Å². The average molecular weight is 226 g/mol. The van der Waals surface area contributed by atoms with Crippen molar-refractivity contribution in [2.45, 2.75) is 13.0 Å². The third-order valence-electron chi connectivity index (χ3n) is 2.28. The number of benzene rings is 1. The summed E-state index contributed by atoms with van der Waals surface area (Å²) in [5.74, 6) is -0.209. The zero-order chi connectivity index (χ0) is 12.1. The molecule has 0 aliphatic heterocycles. The fourth-order valence-electron chi connectivity index (χ4n) is 1.48. The Kier molecular flexibility index (Phi) is 4.71. The molecule has 2 N–H and O–H groups in total. The van der Waals surface area contributed by atoms with Gasteiger partial charge in [0.05, 0.1) is 6.10 Å². The summed E-state index contributed by atoms with van der Waals surface area (Å²) in [5.41, 5.74) is 1.43. The number of rotatable bonds is 5. The number of nitrogens with one attached hydrogen (secondary N) is 1. The molecule has 16 heavy (non-hydrogen) atoms. The van der Waals surface area contributed by atoms with E-state index >= 15 is 0 Å². The summed E-state index contributed by atoms with van der Waals surface area (Å²) in [4.78, 5) is 1.92. The van der Waals surface area contributed by atoms with Crippen LogP contribution in [0.25, 0.3) is 0 Å². The highest BCUT2D eigenvalue weighted by Gasteiger charge is 2.05. The molecule has 1 rings (SSSR count). The van der Waals surface area contributed by atoms with E-state index in [-0.39, 0.29) is 5.82 Å². The van der Waals surface area contributed by atoms with Gasteiger partial charge in [-0.1, -0.05) is 0 Å². The summed E-state index contributed by atoms with van der Waals surface area (Å²) >= 11 is 0. The first-order valence-electron chi connectivity index (χ1n) is 5.32. The van der Waals surface area contributed by atoms with E-state index in [0.717, 1.165) is 5.69 Å². The highest BCUT2D eigenvalue weighted by molar-refractivity contribution is 5.45. The van der Waals surface area contributed by atoms with Crippen molar-refractivity contribution in [3.05, 3.63) is 29.6 Å². The van der Waals surface area contributed by atoms with Crippen LogP contribution in [0.15, 0.2) is 18.2 Å². The number of aryl methyl sites for hydroxylation is 1. The number of aliphatic hydroxyl groups excluding tert-OH is 1. The van der Waals surface area contributed by atoms with Crippen molar-refractivity contribution in [2.75, 3.05) is 32.5 Å². The van der Waals surface area contributed by atoms with Gasteiger partial charge in [0.2, 0.25) is 0 Å². The van der Waals surface area contributed by atoms with Crippen molar-refractivity contribution in [1.29, 1.82) is 0 Å². The maximum absolute atomic E-state index is 13.0. The first-order valence-corrected chi connectivity index (χ1v) is 5.32. The van der Waals surface area contributed by atoms with Gasteiger partial charge in [-0.05, 0) is 44.8 Å². The molecule has 0 saturated carbocycles. The highest BCUT2D eigenvalue weighted by atomic mass is 19.1. The third-order valence-corrected chi connectivity index (χ3v) is 2.28. The van der Waals surface area contributed by atoms with Gasteiger partial charge in [0, 0.05) is 18.8 Å². The summed E-state index contributed by atoms with van der Waals surface area (Å²) in [5, 5.41) is 12.7. The van der Waals surface area contributed by atoms with Crippen molar-refractivity contribution in [3.8, 4) is 0 Å². The van der Waals surface area contributed by atoms with Crippen LogP contribution in [0.1, 0.15) is 5.56 Å². The molecule has 1 aromatic carbocycles. The topological polar surface area (TPSA) is 35.5 Å². The second kappa shape index (κ2) is 5.82. The minimum atomic E-state index is -0.430. The molecule has 0 aliphatic rings. The van der Waals surface area contributed by atoms with Gasteiger partial charge in [0.1, 0.15) is 5.82 Å². The number of hydrogen-bond donors (Lipinski definition) is 2. The molecule has 0 saturated heterocycles. The molecule has 4 heteroatoms. The minimum Gasteiger partial charge on any atom is -0.390 e. The number of aliphatic hydroxyl groups is 1. The largest absolute Gasteiger partial charge is 0.390 e. The van der Waals surface area contributed by atoms with E-state index in [0.29, 0.717) is 18.7 Å². The Hall–Kier alpha value is -1.13. The summed E-state index contributed by atoms with van der Waals surface area (Å²) in [6.45, 7) is 2.78. The standard InChI is InChI=1S/C12H19FN2O/c1-9-6-10(4-5-12(9)13)14-7-11(16)8-15(2)3/h4-6,11,14,16H,7-8H2,1-3H3. The molecule has 0 aliphatic carbocycles. The van der Waals surface area contributed by atoms with Gasteiger partial charge in [-0.15, -0.1) is 0 Å². The third kappa shape index (κ3) is 4.16. The molecule has 0 radical (unpaired) electrons.